The van der Waals surface area contributed by atoms with E-state index in [4.69, 9.17) is 0 Å². The van der Waals surface area contributed by atoms with Crippen LogP contribution in [0.5, 0.6) is 0 Å². The van der Waals surface area contributed by atoms with E-state index in [-0.39, 0.29) is 23.5 Å². The third kappa shape index (κ3) is 3.80. The molecule has 22 heavy (non-hydrogen) atoms. The lowest BCUT2D eigenvalue weighted by Crippen LogP contribution is -2.51. The van der Waals surface area contributed by atoms with Gasteiger partial charge in [0.05, 0.1) is 5.75 Å². The molecule has 2 amide bonds. The Balaban J connectivity index is 1.43. The maximum Gasteiger partial charge on any atom is 0.233 e. The molecule has 118 valence electrons. The van der Waals surface area contributed by atoms with Crippen molar-refractivity contribution in [1.29, 1.82) is 0 Å². The van der Waals surface area contributed by atoms with Crippen molar-refractivity contribution in [3.8, 4) is 0 Å². The van der Waals surface area contributed by atoms with Crippen LogP contribution in [0.25, 0.3) is 0 Å². The topological polar surface area (TPSA) is 40.6 Å². The normalized spacial score (nSPS) is 18.4. The summed E-state index contributed by atoms with van der Waals surface area (Å²) in [7, 11) is 0. The summed E-state index contributed by atoms with van der Waals surface area (Å²) in [6.07, 6.45) is 2.04. The number of hydrogen-bond acceptors (Lipinski definition) is 3. The lowest BCUT2D eigenvalue weighted by molar-refractivity contribution is -0.139. The Morgan fingerprint density at radius 1 is 1.05 bits per heavy atom. The van der Waals surface area contributed by atoms with Crippen molar-refractivity contribution in [1.82, 2.24) is 9.80 Å². The van der Waals surface area contributed by atoms with Gasteiger partial charge >= 0.3 is 0 Å². The average molecular weight is 322 g/mol. The molecule has 2 aliphatic rings. The van der Waals surface area contributed by atoms with E-state index >= 15 is 0 Å². The van der Waals surface area contributed by atoms with E-state index in [1.54, 1.807) is 12.1 Å². The highest BCUT2D eigenvalue weighted by atomic mass is 32.2. The van der Waals surface area contributed by atoms with Crippen molar-refractivity contribution in [2.75, 3.05) is 31.9 Å². The van der Waals surface area contributed by atoms with Gasteiger partial charge in [-0.3, -0.25) is 9.59 Å². The van der Waals surface area contributed by atoms with Crippen LogP contribution in [-0.2, 0) is 9.59 Å². The SMILES string of the molecule is O=C(CSc1ccc(F)cc1)N1CCN(C(=O)C2CC2)CC1. The molecule has 0 radical (unpaired) electrons. The van der Waals surface area contributed by atoms with Crippen LogP contribution < -0.4 is 0 Å². The summed E-state index contributed by atoms with van der Waals surface area (Å²) < 4.78 is 12.8. The Morgan fingerprint density at radius 2 is 1.64 bits per heavy atom. The maximum absolute atomic E-state index is 12.8. The minimum Gasteiger partial charge on any atom is -0.339 e. The molecule has 1 saturated carbocycles. The first-order valence-electron chi connectivity index (χ1n) is 7.58. The number of amides is 2. The highest BCUT2D eigenvalue weighted by molar-refractivity contribution is 8.00. The highest BCUT2D eigenvalue weighted by Gasteiger charge is 2.35. The van der Waals surface area contributed by atoms with Crippen molar-refractivity contribution in [3.63, 3.8) is 0 Å². The fourth-order valence-corrected chi connectivity index (χ4v) is 3.33. The number of piperazine rings is 1. The number of benzene rings is 1. The van der Waals surface area contributed by atoms with E-state index in [2.05, 4.69) is 0 Å². The number of carbonyl (C=O) groups excluding carboxylic acids is 2. The predicted molar refractivity (Wildman–Crippen MR) is 83.0 cm³/mol. The quantitative estimate of drug-likeness (QED) is 0.796. The van der Waals surface area contributed by atoms with Gasteiger partial charge in [0.15, 0.2) is 0 Å². The zero-order valence-electron chi connectivity index (χ0n) is 12.3. The molecule has 0 bridgehead atoms. The standard InChI is InChI=1S/C16H19FN2O2S/c17-13-3-5-14(6-4-13)22-11-15(20)18-7-9-19(10-8-18)16(21)12-1-2-12/h3-6,12H,1-2,7-11H2. The second-order valence-electron chi connectivity index (χ2n) is 5.72. The van der Waals surface area contributed by atoms with E-state index in [9.17, 15) is 14.0 Å². The fourth-order valence-electron chi connectivity index (χ4n) is 2.53. The van der Waals surface area contributed by atoms with Gasteiger partial charge in [0, 0.05) is 37.0 Å². The molecule has 2 fully saturated rings. The van der Waals surface area contributed by atoms with Crippen molar-refractivity contribution in [3.05, 3.63) is 30.1 Å². The zero-order chi connectivity index (χ0) is 15.5. The maximum atomic E-state index is 12.8. The molecule has 1 aromatic carbocycles. The first-order chi connectivity index (χ1) is 10.6. The molecule has 0 unspecified atom stereocenters. The molecule has 4 nitrogen and oxygen atoms in total. The van der Waals surface area contributed by atoms with Crippen molar-refractivity contribution in [2.45, 2.75) is 17.7 Å². The molecular weight excluding hydrogens is 303 g/mol. The number of nitrogens with zero attached hydrogens (tertiary/aromatic N) is 2. The lowest BCUT2D eigenvalue weighted by Gasteiger charge is -2.34. The molecule has 1 heterocycles. The van der Waals surface area contributed by atoms with Crippen molar-refractivity contribution < 1.29 is 14.0 Å². The third-order valence-electron chi connectivity index (χ3n) is 4.05. The summed E-state index contributed by atoms with van der Waals surface area (Å²) in [4.78, 5) is 28.7. The Morgan fingerprint density at radius 3 is 2.23 bits per heavy atom. The summed E-state index contributed by atoms with van der Waals surface area (Å²) in [5.41, 5.74) is 0. The van der Waals surface area contributed by atoms with E-state index < -0.39 is 0 Å². The molecule has 1 aliphatic heterocycles. The Labute approximate surface area is 133 Å². The summed E-state index contributed by atoms with van der Waals surface area (Å²) >= 11 is 1.41. The van der Waals surface area contributed by atoms with Crippen molar-refractivity contribution >= 4 is 23.6 Å². The zero-order valence-corrected chi connectivity index (χ0v) is 13.2. The largest absolute Gasteiger partial charge is 0.339 e. The molecule has 0 atom stereocenters. The van der Waals surface area contributed by atoms with Gasteiger partial charge in [0.2, 0.25) is 11.8 Å². The minimum atomic E-state index is -0.271. The van der Waals surface area contributed by atoms with Gasteiger partial charge < -0.3 is 9.80 Å². The smallest absolute Gasteiger partial charge is 0.233 e. The van der Waals surface area contributed by atoms with Gasteiger partial charge in [-0.1, -0.05) is 0 Å². The van der Waals surface area contributed by atoms with Gasteiger partial charge in [-0.2, -0.15) is 0 Å². The van der Waals surface area contributed by atoms with Crippen LogP contribution in [0, 0.1) is 11.7 Å². The van der Waals surface area contributed by atoms with Crippen LogP contribution >= 0.6 is 11.8 Å². The van der Waals surface area contributed by atoms with E-state index in [1.807, 2.05) is 9.80 Å². The second kappa shape index (κ2) is 6.69. The summed E-state index contributed by atoms with van der Waals surface area (Å²) in [5, 5.41) is 0. The summed E-state index contributed by atoms with van der Waals surface area (Å²) in [5.74, 6) is 0.659. The average Bonchev–Trinajstić information content (AvgIpc) is 3.38. The first-order valence-corrected chi connectivity index (χ1v) is 8.57. The van der Waals surface area contributed by atoms with E-state index in [1.165, 1.54) is 23.9 Å². The molecular formula is C16H19FN2O2S. The number of hydrogen-bond donors (Lipinski definition) is 0. The van der Waals surface area contributed by atoms with Crippen molar-refractivity contribution in [2.24, 2.45) is 5.92 Å². The summed E-state index contributed by atoms with van der Waals surface area (Å²) in [6, 6.07) is 6.16. The number of halogens is 1. The monoisotopic (exact) mass is 322 g/mol. The fraction of sp³-hybridized carbons (Fsp3) is 0.500. The number of carbonyl (C=O) groups is 2. The molecule has 1 aromatic rings. The summed E-state index contributed by atoms with van der Waals surface area (Å²) in [6.45, 7) is 2.51. The molecule has 3 rings (SSSR count). The first kappa shape index (κ1) is 15.3. The number of thioether (sulfide) groups is 1. The van der Waals surface area contributed by atoms with Gasteiger partial charge in [0.1, 0.15) is 5.82 Å². The molecule has 6 heteroatoms. The Hall–Kier alpha value is -1.56. The third-order valence-corrected chi connectivity index (χ3v) is 5.04. The van der Waals surface area contributed by atoms with Gasteiger partial charge in [-0.15, -0.1) is 11.8 Å². The van der Waals surface area contributed by atoms with Crippen LogP contribution in [0.2, 0.25) is 0 Å². The van der Waals surface area contributed by atoms with Crippen LogP contribution in [-0.4, -0.2) is 53.5 Å². The molecule has 0 N–H and O–H groups in total. The Bertz CT molecular complexity index is 552. The highest BCUT2D eigenvalue weighted by Crippen LogP contribution is 2.31. The Kier molecular flexibility index (Phi) is 4.66. The van der Waals surface area contributed by atoms with Gasteiger partial charge in [0.25, 0.3) is 0 Å². The number of rotatable bonds is 4. The molecule has 1 saturated heterocycles. The van der Waals surface area contributed by atoms with Gasteiger partial charge in [-0.25, -0.2) is 4.39 Å². The molecule has 1 aliphatic carbocycles. The predicted octanol–water partition coefficient (Wildman–Crippen LogP) is 2.00. The molecule has 0 spiro atoms. The minimum absolute atomic E-state index is 0.0767. The van der Waals surface area contributed by atoms with Crippen LogP contribution in [0.4, 0.5) is 4.39 Å². The van der Waals surface area contributed by atoms with Crippen LogP contribution in [0.1, 0.15) is 12.8 Å². The van der Waals surface area contributed by atoms with E-state index in [0.717, 1.165) is 17.7 Å². The lowest BCUT2D eigenvalue weighted by atomic mass is 10.2. The van der Waals surface area contributed by atoms with E-state index in [0.29, 0.717) is 31.9 Å². The van der Waals surface area contributed by atoms with Crippen LogP contribution in [0.15, 0.2) is 29.2 Å². The van der Waals surface area contributed by atoms with Crippen LogP contribution in [0.3, 0.4) is 0 Å². The molecule has 0 aromatic heterocycles. The second-order valence-corrected chi connectivity index (χ2v) is 6.77. The van der Waals surface area contributed by atoms with Gasteiger partial charge in [-0.05, 0) is 37.1 Å².